The number of aromatic nitrogens is 1. The molecule has 5 heteroatoms. The third-order valence-corrected chi connectivity index (χ3v) is 7.33. The van der Waals surface area contributed by atoms with Crippen LogP contribution in [0.5, 0.6) is 5.75 Å². The Labute approximate surface area is 206 Å². The summed E-state index contributed by atoms with van der Waals surface area (Å²) in [6, 6.07) is 7.93. The van der Waals surface area contributed by atoms with Crippen molar-refractivity contribution in [3.8, 4) is 5.75 Å². The molecule has 0 unspecified atom stereocenters. The Bertz CT molecular complexity index is 929. The summed E-state index contributed by atoms with van der Waals surface area (Å²) in [4.78, 5) is 19.2. The first-order chi connectivity index (χ1) is 16.5. The molecule has 0 bridgehead atoms. The lowest BCUT2D eigenvalue weighted by Crippen LogP contribution is -2.40. The molecule has 0 saturated carbocycles. The summed E-state index contributed by atoms with van der Waals surface area (Å²) >= 11 is 0. The molecule has 1 saturated heterocycles. The van der Waals surface area contributed by atoms with Gasteiger partial charge in [-0.15, -0.1) is 6.58 Å². The molecule has 2 heterocycles. The highest BCUT2D eigenvalue weighted by atomic mass is 16.5. The third kappa shape index (κ3) is 7.30. The fraction of sp³-hybridized carbons (Fsp3) is 0.586. The van der Waals surface area contributed by atoms with Crippen LogP contribution in [0.3, 0.4) is 0 Å². The predicted molar refractivity (Wildman–Crippen MR) is 141 cm³/mol. The van der Waals surface area contributed by atoms with E-state index in [9.17, 15) is 4.79 Å². The summed E-state index contributed by atoms with van der Waals surface area (Å²) in [6.45, 7) is 11.5. The van der Waals surface area contributed by atoms with Crippen LogP contribution in [0.25, 0.3) is 10.9 Å². The first kappa shape index (κ1) is 26.2. The molecule has 3 atom stereocenters. The van der Waals surface area contributed by atoms with E-state index in [-0.39, 0.29) is 11.9 Å². The topological polar surface area (TPSA) is 54.5 Å². The Morgan fingerprint density at radius 1 is 1.29 bits per heavy atom. The molecule has 0 aliphatic carbocycles. The molecule has 1 aromatic carbocycles. The number of fused-ring (bicyclic) bond motifs is 1. The second-order valence-corrected chi connectivity index (χ2v) is 9.78. The van der Waals surface area contributed by atoms with Crippen molar-refractivity contribution in [3.05, 3.63) is 48.7 Å². The Kier molecular flexibility index (Phi) is 10.4. The number of piperidine rings is 1. The van der Waals surface area contributed by atoms with E-state index in [4.69, 9.17) is 4.74 Å². The van der Waals surface area contributed by atoms with Crippen LogP contribution in [0, 0.1) is 11.8 Å². The van der Waals surface area contributed by atoms with Crippen molar-refractivity contribution in [3.63, 3.8) is 0 Å². The minimum Gasteiger partial charge on any atom is -0.497 e. The van der Waals surface area contributed by atoms with Gasteiger partial charge in [-0.25, -0.2) is 0 Å². The van der Waals surface area contributed by atoms with Gasteiger partial charge in [0.1, 0.15) is 5.75 Å². The summed E-state index contributed by atoms with van der Waals surface area (Å²) in [7, 11) is 1.68. The highest BCUT2D eigenvalue weighted by molar-refractivity contribution is 5.84. The van der Waals surface area contributed by atoms with Crippen molar-refractivity contribution in [2.45, 2.75) is 71.3 Å². The largest absolute Gasteiger partial charge is 0.497 e. The van der Waals surface area contributed by atoms with Crippen molar-refractivity contribution in [1.82, 2.24) is 15.2 Å². The number of ether oxygens (including phenoxy) is 1. The van der Waals surface area contributed by atoms with E-state index < -0.39 is 0 Å². The van der Waals surface area contributed by atoms with Crippen LogP contribution in [0.2, 0.25) is 0 Å². The van der Waals surface area contributed by atoms with Crippen LogP contribution < -0.4 is 10.1 Å². The smallest absolute Gasteiger partial charge is 0.217 e. The molecule has 5 nitrogen and oxygen atoms in total. The van der Waals surface area contributed by atoms with Crippen molar-refractivity contribution < 1.29 is 9.53 Å². The zero-order valence-electron chi connectivity index (χ0n) is 21.4. The molecule has 3 rings (SSSR count). The van der Waals surface area contributed by atoms with Crippen LogP contribution in [-0.2, 0) is 4.79 Å². The number of carbonyl (C=O) groups is 1. The Balaban J connectivity index is 1.65. The third-order valence-electron chi connectivity index (χ3n) is 7.33. The van der Waals surface area contributed by atoms with Crippen LogP contribution >= 0.6 is 0 Å². The maximum atomic E-state index is 12.1. The molecule has 2 aromatic rings. The highest BCUT2D eigenvalue weighted by Crippen LogP contribution is 2.34. The van der Waals surface area contributed by atoms with E-state index in [1.54, 1.807) is 14.0 Å². The van der Waals surface area contributed by atoms with Crippen LogP contribution in [0.4, 0.5) is 0 Å². The maximum absolute atomic E-state index is 12.1. The van der Waals surface area contributed by atoms with E-state index in [0.29, 0.717) is 11.8 Å². The van der Waals surface area contributed by atoms with Gasteiger partial charge in [0, 0.05) is 25.1 Å². The summed E-state index contributed by atoms with van der Waals surface area (Å²) in [5, 5.41) is 4.25. The van der Waals surface area contributed by atoms with E-state index in [0.717, 1.165) is 41.6 Å². The number of benzene rings is 1. The van der Waals surface area contributed by atoms with Gasteiger partial charge in [0.15, 0.2) is 0 Å². The van der Waals surface area contributed by atoms with Gasteiger partial charge in [0.2, 0.25) is 5.91 Å². The van der Waals surface area contributed by atoms with Gasteiger partial charge in [-0.1, -0.05) is 38.7 Å². The van der Waals surface area contributed by atoms with Gasteiger partial charge in [-0.2, -0.15) is 0 Å². The first-order valence-corrected chi connectivity index (χ1v) is 13.1. The van der Waals surface area contributed by atoms with Gasteiger partial charge in [0.25, 0.3) is 0 Å². The predicted octanol–water partition coefficient (Wildman–Crippen LogP) is 6.30. The molecule has 1 aromatic heterocycles. The maximum Gasteiger partial charge on any atom is 0.217 e. The molecule has 34 heavy (non-hydrogen) atoms. The number of nitrogens with zero attached hydrogens (tertiary/aromatic N) is 2. The number of pyridine rings is 1. The molecule has 0 radical (unpaired) electrons. The lowest BCUT2D eigenvalue weighted by atomic mass is 9.80. The van der Waals surface area contributed by atoms with Crippen molar-refractivity contribution in [2.24, 2.45) is 11.8 Å². The second-order valence-electron chi connectivity index (χ2n) is 9.78. The molecule has 1 fully saturated rings. The van der Waals surface area contributed by atoms with E-state index in [1.165, 1.54) is 51.6 Å². The van der Waals surface area contributed by atoms with Gasteiger partial charge < -0.3 is 15.0 Å². The normalized spacial score (nSPS) is 19.6. The number of likely N-dealkylation sites (tertiary alicyclic amines) is 1. The Morgan fingerprint density at radius 3 is 2.85 bits per heavy atom. The molecule has 1 aliphatic rings. The van der Waals surface area contributed by atoms with Crippen LogP contribution in [0.15, 0.2) is 43.1 Å². The number of hydrogen-bond acceptors (Lipinski definition) is 4. The van der Waals surface area contributed by atoms with E-state index in [1.807, 2.05) is 30.5 Å². The fourth-order valence-electron chi connectivity index (χ4n) is 5.38. The highest BCUT2D eigenvalue weighted by Gasteiger charge is 2.28. The number of nitrogens with one attached hydrogen (secondary N) is 1. The molecule has 1 aliphatic heterocycles. The van der Waals surface area contributed by atoms with Gasteiger partial charge >= 0.3 is 0 Å². The number of hydrogen-bond donors (Lipinski definition) is 1. The van der Waals surface area contributed by atoms with Crippen molar-refractivity contribution in [1.29, 1.82) is 0 Å². The zero-order chi connectivity index (χ0) is 24.3. The minimum atomic E-state index is -0.0443. The molecule has 0 spiro atoms. The van der Waals surface area contributed by atoms with Crippen molar-refractivity contribution in [2.75, 3.05) is 26.7 Å². The van der Waals surface area contributed by atoms with Gasteiger partial charge in [0.05, 0.1) is 18.7 Å². The van der Waals surface area contributed by atoms with Crippen LogP contribution in [0.1, 0.15) is 76.8 Å². The summed E-state index contributed by atoms with van der Waals surface area (Å²) in [6.07, 6.45) is 13.8. The lowest BCUT2D eigenvalue weighted by Gasteiger charge is -2.38. The number of rotatable bonds is 13. The van der Waals surface area contributed by atoms with Gasteiger partial charge in [-0.05, 0) is 80.4 Å². The number of carbonyl (C=O) groups excluding carboxylic acids is 1. The van der Waals surface area contributed by atoms with Gasteiger partial charge in [-0.3, -0.25) is 9.78 Å². The summed E-state index contributed by atoms with van der Waals surface area (Å²) in [5.41, 5.74) is 2.03. The standard InChI is InChI=1S/C29H43N3O2/c1-5-7-8-9-10-18-32-19-16-24(23(6-2)21-32)11-13-29(31-22(3)33)26-15-17-30-28-14-12-25(34-4)20-27(26)28/h6,12,14-15,17,20,23-24,29H,2,5,7-11,13,16,18-19,21H2,1,3-4H3,(H,31,33)/t23-,24+,29+/m0/s1. The second kappa shape index (κ2) is 13.5. The lowest BCUT2D eigenvalue weighted by molar-refractivity contribution is -0.119. The fourth-order valence-corrected chi connectivity index (χ4v) is 5.38. The summed E-state index contributed by atoms with van der Waals surface area (Å²) in [5.74, 6) is 1.91. The number of methoxy groups -OCH3 is 1. The van der Waals surface area contributed by atoms with Crippen LogP contribution in [-0.4, -0.2) is 42.5 Å². The molecule has 1 N–H and O–H groups in total. The first-order valence-electron chi connectivity index (χ1n) is 13.1. The number of amides is 1. The average molecular weight is 466 g/mol. The number of unbranched alkanes of at least 4 members (excludes halogenated alkanes) is 4. The quantitative estimate of drug-likeness (QED) is 0.279. The van der Waals surface area contributed by atoms with E-state index >= 15 is 0 Å². The van der Waals surface area contributed by atoms with Crippen molar-refractivity contribution >= 4 is 16.8 Å². The average Bonchev–Trinajstić information content (AvgIpc) is 2.85. The Hall–Kier alpha value is -2.40. The SMILES string of the molecule is C=C[C@H]1CN(CCCCCCC)CC[C@H]1CC[C@@H](NC(C)=O)c1ccnc2ccc(OC)cc12. The molecule has 1 amide bonds. The summed E-state index contributed by atoms with van der Waals surface area (Å²) < 4.78 is 5.45. The molecular formula is C29H43N3O2. The van der Waals surface area contributed by atoms with E-state index in [2.05, 4.69) is 34.8 Å². The zero-order valence-corrected chi connectivity index (χ0v) is 21.4. The monoisotopic (exact) mass is 465 g/mol. The molecular weight excluding hydrogens is 422 g/mol. The Morgan fingerprint density at radius 2 is 2.12 bits per heavy atom. The minimum absolute atomic E-state index is 0.00368. The molecule has 186 valence electrons.